The van der Waals surface area contributed by atoms with Gasteiger partial charge in [0.05, 0.1) is 0 Å². The highest BCUT2D eigenvalue weighted by Gasteiger charge is 2.07. The molecule has 0 radical (unpaired) electrons. The van der Waals surface area contributed by atoms with Crippen LogP contribution in [-0.2, 0) is 0 Å². The molecule has 0 unspecified atom stereocenters. The van der Waals surface area contributed by atoms with E-state index < -0.39 is 11.6 Å². The fourth-order valence-electron chi connectivity index (χ4n) is 1.32. The summed E-state index contributed by atoms with van der Waals surface area (Å²) in [6.07, 6.45) is 1.31. The minimum absolute atomic E-state index is 0.0875. The predicted molar refractivity (Wildman–Crippen MR) is 60.7 cm³/mol. The Bertz CT molecular complexity index is 582. The zero-order chi connectivity index (χ0) is 13.1. The van der Waals surface area contributed by atoms with Gasteiger partial charge in [-0.25, -0.2) is 13.8 Å². The van der Waals surface area contributed by atoms with Crippen molar-refractivity contribution in [3.05, 3.63) is 53.7 Å². The topological polar surface area (TPSA) is 39.2 Å². The second-order valence-electron chi connectivity index (χ2n) is 3.62. The SMILES string of the molecule is CC(=O)c1ccc(Oc2cc(F)ccc2F)nc1. The first-order chi connectivity index (χ1) is 8.56. The summed E-state index contributed by atoms with van der Waals surface area (Å²) in [6.45, 7) is 1.41. The van der Waals surface area contributed by atoms with Crippen LogP contribution in [0, 0.1) is 11.6 Å². The Labute approximate surface area is 102 Å². The van der Waals surface area contributed by atoms with Gasteiger partial charge in [0.2, 0.25) is 5.88 Å². The van der Waals surface area contributed by atoms with Gasteiger partial charge in [0.25, 0.3) is 0 Å². The number of ketones is 1. The third-order valence-corrected chi connectivity index (χ3v) is 2.25. The molecule has 0 saturated carbocycles. The van der Waals surface area contributed by atoms with Crippen molar-refractivity contribution in [3.8, 4) is 11.6 Å². The van der Waals surface area contributed by atoms with E-state index >= 15 is 0 Å². The van der Waals surface area contributed by atoms with Crippen LogP contribution in [0.1, 0.15) is 17.3 Å². The van der Waals surface area contributed by atoms with E-state index in [1.165, 1.54) is 25.3 Å². The lowest BCUT2D eigenvalue weighted by atomic mass is 10.2. The quantitative estimate of drug-likeness (QED) is 0.783. The predicted octanol–water partition coefficient (Wildman–Crippen LogP) is 3.35. The summed E-state index contributed by atoms with van der Waals surface area (Å²) in [6, 6.07) is 5.81. The normalized spacial score (nSPS) is 10.2. The molecule has 18 heavy (non-hydrogen) atoms. The second-order valence-corrected chi connectivity index (χ2v) is 3.62. The molecule has 0 N–H and O–H groups in total. The highest BCUT2D eigenvalue weighted by molar-refractivity contribution is 5.93. The maximum absolute atomic E-state index is 13.3. The van der Waals surface area contributed by atoms with E-state index in [4.69, 9.17) is 4.74 Å². The van der Waals surface area contributed by atoms with Crippen LogP contribution in [0.15, 0.2) is 36.5 Å². The van der Waals surface area contributed by atoms with Crippen molar-refractivity contribution in [1.82, 2.24) is 4.98 Å². The number of hydrogen-bond acceptors (Lipinski definition) is 3. The standard InChI is InChI=1S/C13H9F2NO2/c1-8(17)9-2-5-13(16-7-9)18-12-6-10(14)3-4-11(12)15/h2-7H,1H3. The fourth-order valence-corrected chi connectivity index (χ4v) is 1.32. The van der Waals surface area contributed by atoms with Crippen LogP contribution < -0.4 is 4.74 Å². The van der Waals surface area contributed by atoms with Crippen LogP contribution >= 0.6 is 0 Å². The number of ether oxygens (including phenoxy) is 1. The summed E-state index contributed by atoms with van der Waals surface area (Å²) in [4.78, 5) is 14.9. The maximum atomic E-state index is 13.3. The second kappa shape index (κ2) is 4.91. The van der Waals surface area contributed by atoms with Gasteiger partial charge < -0.3 is 4.74 Å². The molecule has 0 aliphatic rings. The van der Waals surface area contributed by atoms with Crippen molar-refractivity contribution in [2.75, 3.05) is 0 Å². The first-order valence-electron chi connectivity index (χ1n) is 5.16. The highest BCUT2D eigenvalue weighted by atomic mass is 19.1. The molecule has 5 heteroatoms. The number of halogens is 2. The van der Waals surface area contributed by atoms with Crippen molar-refractivity contribution in [2.45, 2.75) is 6.92 Å². The number of aromatic nitrogens is 1. The zero-order valence-corrected chi connectivity index (χ0v) is 9.48. The lowest BCUT2D eigenvalue weighted by molar-refractivity contribution is 0.101. The highest BCUT2D eigenvalue weighted by Crippen LogP contribution is 2.23. The average Bonchev–Trinajstić information content (AvgIpc) is 2.34. The number of carbonyl (C=O) groups is 1. The molecule has 0 aliphatic heterocycles. The molecule has 0 saturated heterocycles. The van der Waals surface area contributed by atoms with Gasteiger partial charge in [-0.15, -0.1) is 0 Å². The molecule has 92 valence electrons. The van der Waals surface area contributed by atoms with E-state index in [2.05, 4.69) is 4.98 Å². The number of pyridine rings is 1. The number of hydrogen-bond donors (Lipinski definition) is 0. The van der Waals surface area contributed by atoms with Crippen LogP contribution in [0.4, 0.5) is 8.78 Å². The number of nitrogens with zero attached hydrogens (tertiary/aromatic N) is 1. The third-order valence-electron chi connectivity index (χ3n) is 2.25. The Balaban J connectivity index is 2.23. The van der Waals surface area contributed by atoms with Gasteiger partial charge in [-0.1, -0.05) is 0 Å². The minimum Gasteiger partial charge on any atom is -0.436 e. The van der Waals surface area contributed by atoms with Gasteiger partial charge in [0.1, 0.15) is 5.82 Å². The molecular formula is C13H9F2NO2. The number of carbonyl (C=O) groups excluding carboxylic acids is 1. The Hall–Kier alpha value is -2.30. The summed E-state index contributed by atoms with van der Waals surface area (Å²) in [5, 5.41) is 0. The Kier molecular flexibility index (Phi) is 3.32. The zero-order valence-electron chi connectivity index (χ0n) is 9.48. The van der Waals surface area contributed by atoms with Crippen molar-refractivity contribution < 1.29 is 18.3 Å². The molecule has 0 atom stereocenters. The van der Waals surface area contributed by atoms with E-state index in [0.29, 0.717) is 5.56 Å². The molecule has 0 bridgehead atoms. The lowest BCUT2D eigenvalue weighted by Gasteiger charge is -2.06. The van der Waals surface area contributed by atoms with Gasteiger partial charge in [0, 0.05) is 23.9 Å². The van der Waals surface area contributed by atoms with Crippen molar-refractivity contribution >= 4 is 5.78 Å². The van der Waals surface area contributed by atoms with Gasteiger partial charge in [0.15, 0.2) is 17.3 Å². The van der Waals surface area contributed by atoms with Crippen LogP contribution in [0.25, 0.3) is 0 Å². The molecule has 1 aromatic carbocycles. The summed E-state index contributed by atoms with van der Waals surface area (Å²) in [7, 11) is 0. The smallest absolute Gasteiger partial charge is 0.219 e. The number of Topliss-reactive ketones (excluding diaryl/α,β-unsaturated/α-hetero) is 1. The van der Waals surface area contributed by atoms with Crippen molar-refractivity contribution in [3.63, 3.8) is 0 Å². The molecule has 0 amide bonds. The van der Waals surface area contributed by atoms with E-state index in [1.807, 2.05) is 0 Å². The summed E-state index contributed by atoms with van der Waals surface area (Å²) in [5.74, 6) is -1.59. The molecule has 2 aromatic rings. The van der Waals surface area contributed by atoms with Gasteiger partial charge >= 0.3 is 0 Å². The first-order valence-corrected chi connectivity index (χ1v) is 5.16. The molecule has 3 nitrogen and oxygen atoms in total. The number of benzene rings is 1. The largest absolute Gasteiger partial charge is 0.436 e. The fraction of sp³-hybridized carbons (Fsp3) is 0.0769. The van der Waals surface area contributed by atoms with Gasteiger partial charge in [-0.05, 0) is 25.1 Å². The Morgan fingerprint density at radius 3 is 2.61 bits per heavy atom. The lowest BCUT2D eigenvalue weighted by Crippen LogP contribution is -1.95. The van der Waals surface area contributed by atoms with E-state index in [0.717, 1.165) is 18.2 Å². The van der Waals surface area contributed by atoms with E-state index in [1.54, 1.807) is 0 Å². The monoisotopic (exact) mass is 249 g/mol. The van der Waals surface area contributed by atoms with E-state index in [9.17, 15) is 13.6 Å². The first kappa shape index (κ1) is 12.2. The molecule has 0 aliphatic carbocycles. The summed E-state index contributed by atoms with van der Waals surface area (Å²) >= 11 is 0. The van der Waals surface area contributed by atoms with Crippen LogP contribution in [-0.4, -0.2) is 10.8 Å². The molecule has 0 fully saturated rings. The van der Waals surface area contributed by atoms with Crippen LogP contribution in [0.5, 0.6) is 11.6 Å². The molecular weight excluding hydrogens is 240 g/mol. The molecule has 1 aromatic heterocycles. The summed E-state index contributed by atoms with van der Waals surface area (Å²) in [5.41, 5.74) is 0.419. The van der Waals surface area contributed by atoms with Gasteiger partial charge in [-0.2, -0.15) is 0 Å². The van der Waals surface area contributed by atoms with Crippen molar-refractivity contribution in [2.24, 2.45) is 0 Å². The average molecular weight is 249 g/mol. The van der Waals surface area contributed by atoms with Crippen LogP contribution in [0.3, 0.4) is 0 Å². The molecule has 0 spiro atoms. The Morgan fingerprint density at radius 2 is 2.00 bits per heavy atom. The molecule has 1 heterocycles. The van der Waals surface area contributed by atoms with Crippen molar-refractivity contribution in [1.29, 1.82) is 0 Å². The third kappa shape index (κ3) is 2.68. The Morgan fingerprint density at radius 1 is 1.22 bits per heavy atom. The molecule has 2 rings (SSSR count). The minimum atomic E-state index is -0.686. The summed E-state index contributed by atoms with van der Waals surface area (Å²) < 4.78 is 31.3. The van der Waals surface area contributed by atoms with E-state index in [-0.39, 0.29) is 17.4 Å². The number of rotatable bonds is 3. The maximum Gasteiger partial charge on any atom is 0.219 e. The van der Waals surface area contributed by atoms with Gasteiger partial charge in [-0.3, -0.25) is 4.79 Å². The van der Waals surface area contributed by atoms with Crippen LogP contribution in [0.2, 0.25) is 0 Å².